The summed E-state index contributed by atoms with van der Waals surface area (Å²) < 4.78 is 19.4. The summed E-state index contributed by atoms with van der Waals surface area (Å²) in [6.45, 7) is 4.59. The predicted molar refractivity (Wildman–Crippen MR) is 111 cm³/mol. The van der Waals surface area contributed by atoms with Crippen LogP contribution in [0, 0.1) is 6.92 Å². The summed E-state index contributed by atoms with van der Waals surface area (Å²) in [5, 5.41) is 2.98. The number of benzene rings is 2. The Morgan fingerprint density at radius 2 is 1.93 bits per heavy atom. The van der Waals surface area contributed by atoms with Gasteiger partial charge in [-0.05, 0) is 37.3 Å². The van der Waals surface area contributed by atoms with E-state index < -0.39 is 0 Å². The summed E-state index contributed by atoms with van der Waals surface area (Å²) in [5.41, 5.74) is 3.79. The average molecular weight is 405 g/mol. The van der Waals surface area contributed by atoms with Crippen molar-refractivity contribution in [3.05, 3.63) is 65.6 Å². The third kappa shape index (κ3) is 3.64. The first-order valence-electron chi connectivity index (χ1n) is 10.1. The Bertz CT molecular complexity index is 1070. The molecule has 1 amide bonds. The molecule has 5 rings (SSSR count). The number of aryl methyl sites for hydroxylation is 1. The van der Waals surface area contributed by atoms with Crippen LogP contribution in [-0.4, -0.2) is 41.3 Å². The second kappa shape index (κ2) is 7.84. The molecule has 1 aromatic heterocycles. The highest BCUT2D eigenvalue weighted by atomic mass is 16.6. The van der Waals surface area contributed by atoms with Crippen LogP contribution in [0.4, 0.5) is 0 Å². The van der Waals surface area contributed by atoms with Crippen LogP contribution < -0.4 is 14.8 Å². The molecule has 7 heteroatoms. The Hall–Kier alpha value is -3.32. The fraction of sp³-hybridized carbons (Fsp3) is 0.304. The lowest BCUT2D eigenvalue weighted by Gasteiger charge is -2.26. The predicted octanol–water partition coefficient (Wildman–Crippen LogP) is 2.96. The van der Waals surface area contributed by atoms with E-state index in [0.29, 0.717) is 38.5 Å². The Balaban J connectivity index is 1.29. The number of carbonyl (C=O) groups excluding carboxylic acids is 1. The lowest BCUT2D eigenvalue weighted by Crippen LogP contribution is -2.39. The van der Waals surface area contributed by atoms with Crippen molar-refractivity contribution in [3.63, 3.8) is 0 Å². The number of fused-ring (bicyclic) bond motifs is 2. The van der Waals surface area contributed by atoms with Gasteiger partial charge < -0.3 is 24.1 Å². The molecule has 2 aliphatic heterocycles. The second-order valence-electron chi connectivity index (χ2n) is 7.54. The van der Waals surface area contributed by atoms with Gasteiger partial charge >= 0.3 is 0 Å². The molecule has 0 radical (unpaired) electrons. The van der Waals surface area contributed by atoms with Gasteiger partial charge in [-0.2, -0.15) is 0 Å². The molecular formula is C23H23N3O4. The smallest absolute Gasteiger partial charge is 0.251 e. The minimum absolute atomic E-state index is 0.0953. The van der Waals surface area contributed by atoms with E-state index in [4.69, 9.17) is 14.2 Å². The molecule has 0 unspecified atom stereocenters. The zero-order chi connectivity index (χ0) is 20.5. The number of ether oxygens (including phenoxy) is 3. The standard InChI is InChI=1S/C23H23N3O4/c1-15-2-4-16(5-3-15)23(27)25-11-18-13-26-19(12-24-22(26)14-30-18)17-6-7-20-21(10-17)29-9-8-28-20/h2-7,10,12,18H,8-9,11,13-14H2,1H3,(H,25,27)/t18-/m0/s1. The van der Waals surface area contributed by atoms with Crippen LogP contribution in [0.2, 0.25) is 0 Å². The monoisotopic (exact) mass is 405 g/mol. The molecule has 2 aromatic carbocycles. The topological polar surface area (TPSA) is 74.6 Å². The maximum Gasteiger partial charge on any atom is 0.251 e. The average Bonchev–Trinajstić information content (AvgIpc) is 3.21. The molecule has 0 saturated heterocycles. The molecule has 154 valence electrons. The van der Waals surface area contributed by atoms with Crippen LogP contribution in [0.5, 0.6) is 11.5 Å². The van der Waals surface area contributed by atoms with Gasteiger partial charge in [0.1, 0.15) is 25.6 Å². The first-order valence-corrected chi connectivity index (χ1v) is 10.1. The van der Waals surface area contributed by atoms with Crippen molar-refractivity contribution in [1.29, 1.82) is 0 Å². The van der Waals surface area contributed by atoms with E-state index in [9.17, 15) is 4.79 Å². The SMILES string of the molecule is Cc1ccc(C(=O)NC[C@H]2Cn3c(-c4ccc5c(c4)OCCO5)cnc3CO2)cc1. The van der Waals surface area contributed by atoms with E-state index in [0.717, 1.165) is 34.1 Å². The van der Waals surface area contributed by atoms with E-state index in [1.165, 1.54) is 0 Å². The minimum Gasteiger partial charge on any atom is -0.486 e. The number of carbonyl (C=O) groups is 1. The van der Waals surface area contributed by atoms with E-state index in [1.54, 1.807) is 0 Å². The first kappa shape index (κ1) is 18.7. The van der Waals surface area contributed by atoms with Crippen molar-refractivity contribution in [2.24, 2.45) is 0 Å². The number of imidazole rings is 1. The largest absolute Gasteiger partial charge is 0.486 e. The van der Waals surface area contributed by atoms with E-state index in [2.05, 4.69) is 14.9 Å². The second-order valence-corrected chi connectivity index (χ2v) is 7.54. The summed E-state index contributed by atoms with van der Waals surface area (Å²) >= 11 is 0. The van der Waals surface area contributed by atoms with Crippen molar-refractivity contribution in [2.45, 2.75) is 26.2 Å². The van der Waals surface area contributed by atoms with Crippen molar-refractivity contribution >= 4 is 5.91 Å². The van der Waals surface area contributed by atoms with Gasteiger partial charge in [-0.25, -0.2) is 4.98 Å². The summed E-state index contributed by atoms with van der Waals surface area (Å²) in [4.78, 5) is 16.9. The van der Waals surface area contributed by atoms with Crippen LogP contribution in [0.1, 0.15) is 21.7 Å². The normalized spacial score (nSPS) is 17.3. The molecule has 3 heterocycles. The van der Waals surface area contributed by atoms with Gasteiger partial charge in [0.15, 0.2) is 11.5 Å². The van der Waals surface area contributed by atoms with Crippen molar-refractivity contribution in [1.82, 2.24) is 14.9 Å². The number of rotatable bonds is 4. The lowest BCUT2D eigenvalue weighted by molar-refractivity contribution is 0.00374. The third-order valence-electron chi connectivity index (χ3n) is 5.41. The van der Waals surface area contributed by atoms with Gasteiger partial charge in [-0.15, -0.1) is 0 Å². The highest BCUT2D eigenvalue weighted by Crippen LogP contribution is 2.35. The number of nitrogens with one attached hydrogen (secondary N) is 1. The van der Waals surface area contributed by atoms with Crippen molar-refractivity contribution < 1.29 is 19.0 Å². The number of hydrogen-bond donors (Lipinski definition) is 1. The van der Waals surface area contributed by atoms with Gasteiger partial charge in [0.05, 0.1) is 24.5 Å². The van der Waals surface area contributed by atoms with E-state index >= 15 is 0 Å². The molecule has 0 spiro atoms. The molecule has 3 aromatic rings. The highest BCUT2D eigenvalue weighted by Gasteiger charge is 2.24. The summed E-state index contributed by atoms with van der Waals surface area (Å²) in [6, 6.07) is 13.5. The number of aromatic nitrogens is 2. The molecule has 0 fully saturated rings. The van der Waals surface area contributed by atoms with Gasteiger partial charge in [0, 0.05) is 17.7 Å². The molecule has 2 aliphatic rings. The number of nitrogens with zero attached hydrogens (tertiary/aromatic N) is 2. The fourth-order valence-corrected chi connectivity index (χ4v) is 3.75. The van der Waals surface area contributed by atoms with E-state index in [-0.39, 0.29) is 12.0 Å². The Morgan fingerprint density at radius 3 is 2.77 bits per heavy atom. The quantitative estimate of drug-likeness (QED) is 0.722. The Kier molecular flexibility index (Phi) is 4.88. The fourth-order valence-electron chi connectivity index (χ4n) is 3.75. The molecular weight excluding hydrogens is 382 g/mol. The van der Waals surface area contributed by atoms with Crippen LogP contribution in [0.25, 0.3) is 11.3 Å². The van der Waals surface area contributed by atoms with Crippen LogP contribution in [-0.2, 0) is 17.9 Å². The highest BCUT2D eigenvalue weighted by molar-refractivity contribution is 5.94. The Labute approximate surface area is 174 Å². The van der Waals surface area contributed by atoms with Crippen molar-refractivity contribution in [3.8, 4) is 22.8 Å². The Morgan fingerprint density at radius 1 is 1.13 bits per heavy atom. The summed E-state index contributed by atoms with van der Waals surface area (Å²) in [6.07, 6.45) is 1.73. The van der Waals surface area contributed by atoms with Gasteiger partial charge in [-0.1, -0.05) is 17.7 Å². The van der Waals surface area contributed by atoms with Gasteiger partial charge in [0.2, 0.25) is 0 Å². The lowest BCUT2D eigenvalue weighted by atomic mass is 10.1. The maximum absolute atomic E-state index is 12.4. The minimum atomic E-state index is -0.128. The molecule has 1 N–H and O–H groups in total. The van der Waals surface area contributed by atoms with Crippen LogP contribution in [0.3, 0.4) is 0 Å². The zero-order valence-corrected chi connectivity index (χ0v) is 16.8. The van der Waals surface area contributed by atoms with Crippen LogP contribution >= 0.6 is 0 Å². The maximum atomic E-state index is 12.4. The first-order chi connectivity index (χ1) is 14.7. The number of hydrogen-bond acceptors (Lipinski definition) is 5. The van der Waals surface area contributed by atoms with E-state index in [1.807, 2.05) is 55.6 Å². The molecule has 0 aliphatic carbocycles. The van der Waals surface area contributed by atoms with Crippen molar-refractivity contribution in [2.75, 3.05) is 19.8 Å². The van der Waals surface area contributed by atoms with Gasteiger partial charge in [-0.3, -0.25) is 4.79 Å². The summed E-state index contributed by atoms with van der Waals surface area (Å²) in [5.74, 6) is 2.30. The summed E-state index contributed by atoms with van der Waals surface area (Å²) in [7, 11) is 0. The third-order valence-corrected chi connectivity index (χ3v) is 5.41. The van der Waals surface area contributed by atoms with Crippen LogP contribution in [0.15, 0.2) is 48.7 Å². The molecule has 0 bridgehead atoms. The zero-order valence-electron chi connectivity index (χ0n) is 16.8. The number of amides is 1. The molecule has 30 heavy (non-hydrogen) atoms. The molecule has 0 saturated carbocycles. The molecule has 7 nitrogen and oxygen atoms in total. The van der Waals surface area contributed by atoms with Gasteiger partial charge in [0.25, 0.3) is 5.91 Å². The molecule has 1 atom stereocenters.